The largest absolute Gasteiger partial charge is 0.457 e. The van der Waals surface area contributed by atoms with Crippen LogP contribution in [0, 0.1) is 5.92 Å². The molecule has 0 N–H and O–H groups in total. The normalized spacial score (nSPS) is 17.8. The highest BCUT2D eigenvalue weighted by Crippen LogP contribution is 2.28. The van der Waals surface area contributed by atoms with Crippen molar-refractivity contribution in [3.05, 3.63) is 60.2 Å². The predicted molar refractivity (Wildman–Crippen MR) is 112 cm³/mol. The van der Waals surface area contributed by atoms with Crippen LogP contribution < -0.4 is 4.74 Å². The highest BCUT2D eigenvalue weighted by atomic mass is 16.5. The number of carbonyl (C=O) groups excluding carboxylic acids is 2. The number of benzene rings is 2. The van der Waals surface area contributed by atoms with Crippen LogP contribution in [-0.4, -0.2) is 47.8 Å². The minimum absolute atomic E-state index is 0.0274. The quantitative estimate of drug-likeness (QED) is 0.778. The van der Waals surface area contributed by atoms with Crippen molar-refractivity contribution in [2.75, 3.05) is 26.2 Å². The number of nitrogens with zero attached hydrogens (tertiary/aromatic N) is 2. The highest BCUT2D eigenvalue weighted by molar-refractivity contribution is 5.97. The summed E-state index contributed by atoms with van der Waals surface area (Å²) in [5, 5.41) is 0. The number of hydrogen-bond acceptors (Lipinski definition) is 3. The Hall–Kier alpha value is -2.82. The lowest BCUT2D eigenvalue weighted by molar-refractivity contribution is -0.137. The zero-order valence-corrected chi connectivity index (χ0v) is 16.8. The summed E-state index contributed by atoms with van der Waals surface area (Å²) in [6.07, 6.45) is 4.93. The van der Waals surface area contributed by atoms with Gasteiger partial charge in [0.25, 0.3) is 5.91 Å². The fourth-order valence-electron chi connectivity index (χ4n) is 4.22. The molecule has 0 aliphatic carbocycles. The lowest BCUT2D eigenvalue weighted by atomic mass is 9.94. The first-order chi connectivity index (χ1) is 14.2. The minimum Gasteiger partial charge on any atom is -0.457 e. The van der Waals surface area contributed by atoms with E-state index >= 15 is 0 Å². The van der Waals surface area contributed by atoms with Gasteiger partial charge in [-0.25, -0.2) is 0 Å². The van der Waals surface area contributed by atoms with Crippen molar-refractivity contribution in [3.8, 4) is 11.5 Å². The third kappa shape index (κ3) is 4.61. The van der Waals surface area contributed by atoms with E-state index in [9.17, 15) is 9.59 Å². The molecule has 0 radical (unpaired) electrons. The molecular weight excluding hydrogens is 364 g/mol. The Bertz CT molecular complexity index is 838. The summed E-state index contributed by atoms with van der Waals surface area (Å²) in [4.78, 5) is 29.8. The summed E-state index contributed by atoms with van der Waals surface area (Å²) < 4.78 is 5.95. The van der Waals surface area contributed by atoms with Crippen molar-refractivity contribution < 1.29 is 14.3 Å². The second kappa shape index (κ2) is 9.12. The van der Waals surface area contributed by atoms with Crippen LogP contribution in [0.25, 0.3) is 0 Å². The lowest BCUT2D eigenvalue weighted by Gasteiger charge is -2.35. The van der Waals surface area contributed by atoms with Crippen LogP contribution in [0.15, 0.2) is 54.6 Å². The monoisotopic (exact) mass is 392 g/mol. The highest BCUT2D eigenvalue weighted by Gasteiger charge is 2.31. The number of likely N-dealkylation sites (tertiary alicyclic amines) is 2. The molecule has 0 bridgehead atoms. The van der Waals surface area contributed by atoms with Crippen LogP contribution in [-0.2, 0) is 4.79 Å². The second-order valence-electron chi connectivity index (χ2n) is 7.86. The van der Waals surface area contributed by atoms with E-state index in [0.717, 1.165) is 38.8 Å². The fourth-order valence-corrected chi connectivity index (χ4v) is 4.22. The van der Waals surface area contributed by atoms with Gasteiger partial charge in [-0.2, -0.15) is 0 Å². The second-order valence-corrected chi connectivity index (χ2v) is 7.86. The molecule has 2 saturated heterocycles. The predicted octanol–water partition coefficient (Wildman–Crippen LogP) is 4.34. The minimum atomic E-state index is -0.0274. The molecule has 2 heterocycles. The van der Waals surface area contributed by atoms with E-state index in [4.69, 9.17) is 4.74 Å². The SMILES string of the molecule is O=C(c1ccccc1Oc1ccccc1)N1CCC(C(=O)N2CCCCC2)CC1. The number of carbonyl (C=O) groups is 2. The van der Waals surface area contributed by atoms with Crippen molar-refractivity contribution in [1.82, 2.24) is 9.80 Å². The third-order valence-electron chi connectivity index (χ3n) is 5.89. The van der Waals surface area contributed by atoms with Crippen molar-refractivity contribution in [2.24, 2.45) is 5.92 Å². The maximum atomic E-state index is 13.1. The molecule has 29 heavy (non-hydrogen) atoms. The van der Waals surface area contributed by atoms with Crippen LogP contribution >= 0.6 is 0 Å². The van der Waals surface area contributed by atoms with E-state index in [1.165, 1.54) is 6.42 Å². The molecular formula is C24H28N2O3. The lowest BCUT2D eigenvalue weighted by Crippen LogP contribution is -2.45. The standard InChI is InChI=1S/C24H28N2O3/c27-23(25-15-7-2-8-16-25)19-13-17-26(18-14-19)24(28)21-11-5-6-12-22(21)29-20-9-3-1-4-10-20/h1,3-6,9-12,19H,2,7-8,13-18H2. The molecule has 0 saturated carbocycles. The van der Waals surface area contributed by atoms with Crippen molar-refractivity contribution in [3.63, 3.8) is 0 Å². The third-order valence-corrected chi connectivity index (χ3v) is 5.89. The molecule has 2 aliphatic rings. The van der Waals surface area contributed by atoms with Crippen molar-refractivity contribution in [1.29, 1.82) is 0 Å². The molecule has 0 aromatic heterocycles. The summed E-state index contributed by atoms with van der Waals surface area (Å²) in [5.74, 6) is 1.58. The summed E-state index contributed by atoms with van der Waals surface area (Å²) in [6.45, 7) is 3.01. The maximum Gasteiger partial charge on any atom is 0.257 e. The van der Waals surface area contributed by atoms with Crippen LogP contribution in [0.5, 0.6) is 11.5 Å². The van der Waals surface area contributed by atoms with Crippen molar-refractivity contribution in [2.45, 2.75) is 32.1 Å². The summed E-state index contributed by atoms with van der Waals surface area (Å²) in [7, 11) is 0. The van der Waals surface area contributed by atoms with E-state index in [1.54, 1.807) is 0 Å². The first-order valence-electron chi connectivity index (χ1n) is 10.6. The molecule has 152 valence electrons. The van der Waals surface area contributed by atoms with Gasteiger partial charge < -0.3 is 14.5 Å². The van der Waals surface area contributed by atoms with Gasteiger partial charge in [-0.15, -0.1) is 0 Å². The number of para-hydroxylation sites is 2. The average molecular weight is 392 g/mol. The Morgan fingerprint density at radius 3 is 2.14 bits per heavy atom. The summed E-state index contributed by atoms with van der Waals surface area (Å²) >= 11 is 0. The first-order valence-corrected chi connectivity index (χ1v) is 10.6. The number of rotatable bonds is 4. The van der Waals surface area contributed by atoms with Crippen LogP contribution in [0.3, 0.4) is 0 Å². The Morgan fingerprint density at radius 2 is 1.41 bits per heavy atom. The summed E-state index contributed by atoms with van der Waals surface area (Å²) in [5.41, 5.74) is 0.567. The van der Waals surface area contributed by atoms with Gasteiger partial charge in [0.1, 0.15) is 11.5 Å². The van der Waals surface area contributed by atoms with Gasteiger partial charge in [-0.1, -0.05) is 30.3 Å². The van der Waals surface area contributed by atoms with E-state index in [1.807, 2.05) is 64.4 Å². The number of ether oxygens (including phenoxy) is 1. The average Bonchev–Trinajstić information content (AvgIpc) is 2.80. The first kappa shape index (κ1) is 19.5. The smallest absolute Gasteiger partial charge is 0.257 e. The molecule has 4 rings (SSSR count). The van der Waals surface area contributed by atoms with Gasteiger partial charge in [0.2, 0.25) is 5.91 Å². The van der Waals surface area contributed by atoms with Gasteiger partial charge in [0.15, 0.2) is 0 Å². The summed E-state index contributed by atoms with van der Waals surface area (Å²) in [6, 6.07) is 16.9. The van der Waals surface area contributed by atoms with Crippen LogP contribution in [0.4, 0.5) is 0 Å². The molecule has 2 aliphatic heterocycles. The molecule has 2 aromatic carbocycles. The van der Waals surface area contributed by atoms with Crippen molar-refractivity contribution >= 4 is 11.8 Å². The molecule has 5 heteroatoms. The molecule has 2 aromatic rings. The van der Waals surface area contributed by atoms with E-state index in [-0.39, 0.29) is 17.7 Å². The number of piperidine rings is 2. The van der Waals surface area contributed by atoms with E-state index in [0.29, 0.717) is 30.2 Å². The topological polar surface area (TPSA) is 49.9 Å². The molecule has 0 unspecified atom stereocenters. The Balaban J connectivity index is 1.39. The molecule has 5 nitrogen and oxygen atoms in total. The van der Waals surface area contributed by atoms with E-state index < -0.39 is 0 Å². The Kier molecular flexibility index (Phi) is 6.13. The number of amides is 2. The van der Waals surface area contributed by atoms with Gasteiger partial charge in [0, 0.05) is 32.1 Å². The fraction of sp³-hybridized carbons (Fsp3) is 0.417. The van der Waals surface area contributed by atoms with Gasteiger partial charge in [-0.05, 0) is 56.4 Å². The maximum absolute atomic E-state index is 13.1. The van der Waals surface area contributed by atoms with Gasteiger partial charge in [0.05, 0.1) is 5.56 Å². The number of hydrogen-bond donors (Lipinski definition) is 0. The zero-order chi connectivity index (χ0) is 20.1. The van der Waals surface area contributed by atoms with Crippen LogP contribution in [0.1, 0.15) is 42.5 Å². The Morgan fingerprint density at radius 1 is 0.759 bits per heavy atom. The molecule has 2 amide bonds. The van der Waals surface area contributed by atoms with E-state index in [2.05, 4.69) is 0 Å². The molecule has 0 atom stereocenters. The molecule has 0 spiro atoms. The van der Waals surface area contributed by atoms with Gasteiger partial charge in [-0.3, -0.25) is 9.59 Å². The molecule has 2 fully saturated rings. The Labute approximate surface area is 172 Å². The van der Waals surface area contributed by atoms with Crippen LogP contribution in [0.2, 0.25) is 0 Å². The zero-order valence-electron chi connectivity index (χ0n) is 16.8. The van der Waals surface area contributed by atoms with Gasteiger partial charge >= 0.3 is 0 Å².